The molecular formula is C16H15BrN2. The predicted octanol–water partition coefficient (Wildman–Crippen LogP) is 4.36. The van der Waals surface area contributed by atoms with Gasteiger partial charge in [-0.25, -0.2) is 0 Å². The molecule has 0 saturated heterocycles. The lowest BCUT2D eigenvalue weighted by Gasteiger charge is -2.19. The fourth-order valence-corrected chi connectivity index (χ4v) is 2.51. The van der Waals surface area contributed by atoms with Crippen LogP contribution in [0.15, 0.2) is 59.1 Å². The fourth-order valence-electron chi connectivity index (χ4n) is 1.99. The van der Waals surface area contributed by atoms with E-state index in [9.17, 15) is 5.26 Å². The molecule has 2 nitrogen and oxygen atoms in total. The third-order valence-electron chi connectivity index (χ3n) is 3.06. The van der Waals surface area contributed by atoms with E-state index in [2.05, 4.69) is 46.4 Å². The van der Waals surface area contributed by atoms with Gasteiger partial charge in [-0.2, -0.15) is 5.26 Å². The first-order valence-corrected chi connectivity index (χ1v) is 6.96. The SMILES string of the molecule is C[C@@H](N[C@H](C#N)c1ccccc1Br)c1ccccc1. The van der Waals surface area contributed by atoms with Crippen LogP contribution in [0.2, 0.25) is 0 Å². The van der Waals surface area contributed by atoms with Crippen molar-refractivity contribution in [3.05, 3.63) is 70.2 Å². The van der Waals surface area contributed by atoms with Crippen LogP contribution in [0.1, 0.15) is 30.1 Å². The first-order chi connectivity index (χ1) is 9.22. The molecular weight excluding hydrogens is 300 g/mol. The van der Waals surface area contributed by atoms with E-state index in [4.69, 9.17) is 0 Å². The molecule has 3 heteroatoms. The van der Waals surface area contributed by atoms with Gasteiger partial charge in [0.25, 0.3) is 0 Å². The molecule has 2 aromatic carbocycles. The van der Waals surface area contributed by atoms with E-state index in [0.717, 1.165) is 10.0 Å². The minimum Gasteiger partial charge on any atom is -0.292 e. The number of benzene rings is 2. The van der Waals surface area contributed by atoms with Crippen LogP contribution in [0.3, 0.4) is 0 Å². The van der Waals surface area contributed by atoms with Crippen LogP contribution in [0.4, 0.5) is 0 Å². The molecule has 0 saturated carbocycles. The third-order valence-corrected chi connectivity index (χ3v) is 3.78. The monoisotopic (exact) mass is 314 g/mol. The summed E-state index contributed by atoms with van der Waals surface area (Å²) >= 11 is 3.49. The fraction of sp³-hybridized carbons (Fsp3) is 0.188. The number of halogens is 1. The van der Waals surface area contributed by atoms with Gasteiger partial charge >= 0.3 is 0 Å². The quantitative estimate of drug-likeness (QED) is 0.909. The summed E-state index contributed by atoms with van der Waals surface area (Å²) in [5.74, 6) is 0. The van der Waals surface area contributed by atoms with Crippen molar-refractivity contribution in [2.24, 2.45) is 0 Å². The van der Waals surface area contributed by atoms with Crippen LogP contribution >= 0.6 is 15.9 Å². The maximum Gasteiger partial charge on any atom is 0.122 e. The molecule has 0 bridgehead atoms. The minimum atomic E-state index is -0.328. The Morgan fingerprint density at radius 2 is 1.68 bits per heavy atom. The van der Waals surface area contributed by atoms with Crippen molar-refractivity contribution < 1.29 is 0 Å². The summed E-state index contributed by atoms with van der Waals surface area (Å²) < 4.78 is 0.953. The Bertz CT molecular complexity index is 575. The summed E-state index contributed by atoms with van der Waals surface area (Å²) in [5, 5.41) is 12.7. The highest BCUT2D eigenvalue weighted by Gasteiger charge is 2.16. The molecule has 2 atom stereocenters. The molecule has 0 aromatic heterocycles. The lowest BCUT2D eigenvalue weighted by atomic mass is 10.0. The number of hydrogen-bond donors (Lipinski definition) is 1. The molecule has 0 amide bonds. The van der Waals surface area contributed by atoms with Crippen molar-refractivity contribution in [3.63, 3.8) is 0 Å². The lowest BCUT2D eigenvalue weighted by Crippen LogP contribution is -2.23. The largest absolute Gasteiger partial charge is 0.292 e. The lowest BCUT2D eigenvalue weighted by molar-refractivity contribution is 0.532. The number of nitriles is 1. The Balaban J connectivity index is 2.17. The van der Waals surface area contributed by atoms with Crippen LogP contribution in [0.5, 0.6) is 0 Å². The van der Waals surface area contributed by atoms with Gasteiger partial charge in [0, 0.05) is 10.5 Å². The topological polar surface area (TPSA) is 35.8 Å². The van der Waals surface area contributed by atoms with E-state index in [1.165, 1.54) is 5.56 Å². The molecule has 0 heterocycles. The second kappa shape index (κ2) is 6.51. The van der Waals surface area contributed by atoms with Crippen molar-refractivity contribution in [3.8, 4) is 6.07 Å². The molecule has 96 valence electrons. The van der Waals surface area contributed by atoms with E-state index in [-0.39, 0.29) is 12.1 Å². The van der Waals surface area contributed by atoms with Gasteiger partial charge < -0.3 is 0 Å². The summed E-state index contributed by atoms with van der Waals surface area (Å²) in [6.45, 7) is 2.07. The van der Waals surface area contributed by atoms with Crippen LogP contribution in [-0.2, 0) is 0 Å². The van der Waals surface area contributed by atoms with Crippen LogP contribution in [-0.4, -0.2) is 0 Å². The zero-order valence-electron chi connectivity index (χ0n) is 10.7. The Morgan fingerprint density at radius 1 is 1.05 bits per heavy atom. The highest BCUT2D eigenvalue weighted by atomic mass is 79.9. The minimum absolute atomic E-state index is 0.123. The first kappa shape index (κ1) is 13.8. The Morgan fingerprint density at radius 3 is 2.32 bits per heavy atom. The van der Waals surface area contributed by atoms with Gasteiger partial charge in [0.15, 0.2) is 0 Å². The molecule has 19 heavy (non-hydrogen) atoms. The van der Waals surface area contributed by atoms with Gasteiger partial charge in [0.1, 0.15) is 6.04 Å². The third kappa shape index (κ3) is 3.44. The summed E-state index contributed by atoms with van der Waals surface area (Å²) in [4.78, 5) is 0. The van der Waals surface area contributed by atoms with Crippen LogP contribution in [0.25, 0.3) is 0 Å². The molecule has 0 aliphatic carbocycles. The van der Waals surface area contributed by atoms with E-state index in [1.807, 2.05) is 42.5 Å². The average molecular weight is 315 g/mol. The number of nitrogens with zero attached hydrogens (tertiary/aromatic N) is 1. The maximum absolute atomic E-state index is 9.37. The van der Waals surface area contributed by atoms with E-state index >= 15 is 0 Å². The van der Waals surface area contributed by atoms with E-state index in [1.54, 1.807) is 0 Å². The molecule has 0 aliphatic rings. The predicted molar refractivity (Wildman–Crippen MR) is 80.5 cm³/mol. The molecule has 2 rings (SSSR count). The van der Waals surface area contributed by atoms with Crippen molar-refractivity contribution in [2.45, 2.75) is 19.0 Å². The van der Waals surface area contributed by atoms with Gasteiger partial charge in [-0.3, -0.25) is 5.32 Å². The highest BCUT2D eigenvalue weighted by Crippen LogP contribution is 2.25. The first-order valence-electron chi connectivity index (χ1n) is 6.17. The molecule has 2 aromatic rings. The van der Waals surface area contributed by atoms with Crippen LogP contribution < -0.4 is 5.32 Å². The normalized spacial score (nSPS) is 13.5. The average Bonchev–Trinajstić information content (AvgIpc) is 2.46. The van der Waals surface area contributed by atoms with Crippen molar-refractivity contribution in [1.82, 2.24) is 5.32 Å². The second-order valence-corrected chi connectivity index (χ2v) is 5.24. The van der Waals surface area contributed by atoms with Gasteiger partial charge in [0.2, 0.25) is 0 Å². The van der Waals surface area contributed by atoms with Gasteiger partial charge in [-0.05, 0) is 24.1 Å². The Labute approximate surface area is 122 Å². The number of rotatable bonds is 4. The summed E-state index contributed by atoms with van der Waals surface area (Å²) in [6, 6.07) is 20.0. The highest BCUT2D eigenvalue weighted by molar-refractivity contribution is 9.10. The molecule has 0 spiro atoms. The van der Waals surface area contributed by atoms with Gasteiger partial charge in [-0.1, -0.05) is 64.5 Å². The molecule has 1 N–H and O–H groups in total. The summed E-state index contributed by atoms with van der Waals surface area (Å²) in [6.07, 6.45) is 0. The van der Waals surface area contributed by atoms with Crippen molar-refractivity contribution >= 4 is 15.9 Å². The van der Waals surface area contributed by atoms with Crippen molar-refractivity contribution in [1.29, 1.82) is 5.26 Å². The van der Waals surface area contributed by atoms with Gasteiger partial charge in [0.05, 0.1) is 6.07 Å². The maximum atomic E-state index is 9.37. The van der Waals surface area contributed by atoms with Crippen molar-refractivity contribution in [2.75, 3.05) is 0 Å². The van der Waals surface area contributed by atoms with E-state index < -0.39 is 0 Å². The Hall–Kier alpha value is -1.63. The molecule has 0 radical (unpaired) electrons. The number of nitrogens with one attached hydrogen (secondary N) is 1. The smallest absolute Gasteiger partial charge is 0.122 e. The Kier molecular flexibility index (Phi) is 4.73. The summed E-state index contributed by atoms with van der Waals surface area (Å²) in [7, 11) is 0. The second-order valence-electron chi connectivity index (χ2n) is 4.38. The van der Waals surface area contributed by atoms with Gasteiger partial charge in [-0.15, -0.1) is 0 Å². The van der Waals surface area contributed by atoms with E-state index in [0.29, 0.717) is 0 Å². The van der Waals surface area contributed by atoms with Crippen LogP contribution in [0, 0.1) is 11.3 Å². The zero-order valence-corrected chi connectivity index (χ0v) is 12.3. The number of hydrogen-bond acceptors (Lipinski definition) is 2. The summed E-state index contributed by atoms with van der Waals surface area (Å²) in [5.41, 5.74) is 2.14. The standard InChI is InChI=1S/C16H15BrN2/c1-12(13-7-3-2-4-8-13)19-16(11-18)14-9-5-6-10-15(14)17/h2-10,12,16,19H,1H3/t12-,16-/m1/s1. The molecule has 0 unspecified atom stereocenters. The molecule has 0 aliphatic heterocycles. The molecule has 0 fully saturated rings. The zero-order chi connectivity index (χ0) is 13.7.